The van der Waals surface area contributed by atoms with E-state index in [-0.39, 0.29) is 35.0 Å². The summed E-state index contributed by atoms with van der Waals surface area (Å²) in [5.41, 5.74) is 1.74. The maximum absolute atomic E-state index is 14.6. The van der Waals surface area contributed by atoms with Crippen molar-refractivity contribution in [1.82, 2.24) is 5.32 Å². The summed E-state index contributed by atoms with van der Waals surface area (Å²) in [5, 5.41) is 3.19. The Morgan fingerprint density at radius 1 is 1.12 bits per heavy atom. The quantitative estimate of drug-likeness (QED) is 0.476. The first-order valence-corrected chi connectivity index (χ1v) is 11.5. The van der Waals surface area contributed by atoms with Crippen molar-refractivity contribution in [2.24, 2.45) is 0 Å². The van der Waals surface area contributed by atoms with Gasteiger partial charge < -0.3 is 10.2 Å². The van der Waals surface area contributed by atoms with Gasteiger partial charge in [0.15, 0.2) is 0 Å². The molecule has 0 fully saturated rings. The molecule has 0 saturated heterocycles. The molecule has 0 radical (unpaired) electrons. The molecule has 2 amide bonds. The number of benzene rings is 3. The van der Waals surface area contributed by atoms with Crippen LogP contribution in [0.3, 0.4) is 0 Å². The van der Waals surface area contributed by atoms with Crippen LogP contribution in [0.1, 0.15) is 46.5 Å². The highest BCUT2D eigenvalue weighted by atomic mass is 35.5. The van der Waals surface area contributed by atoms with E-state index in [4.69, 9.17) is 11.6 Å². The lowest BCUT2D eigenvalue weighted by Gasteiger charge is -2.24. The molecule has 0 aromatic heterocycles. The zero-order valence-electron chi connectivity index (χ0n) is 17.7. The molecule has 3 aromatic carbocycles. The van der Waals surface area contributed by atoms with Gasteiger partial charge in [0, 0.05) is 32.0 Å². The Hall–Kier alpha value is -2.83. The summed E-state index contributed by atoms with van der Waals surface area (Å²) in [6.07, 6.45) is 0.804. The lowest BCUT2D eigenvalue weighted by molar-refractivity contribution is 0.0936. The van der Waals surface area contributed by atoms with Gasteiger partial charge in [0.25, 0.3) is 11.8 Å². The van der Waals surface area contributed by atoms with E-state index in [0.717, 1.165) is 16.2 Å². The van der Waals surface area contributed by atoms with Gasteiger partial charge in [0.2, 0.25) is 0 Å². The highest BCUT2D eigenvalue weighted by Gasteiger charge is 2.29. The van der Waals surface area contributed by atoms with E-state index in [1.807, 2.05) is 32.0 Å². The van der Waals surface area contributed by atoms with Gasteiger partial charge >= 0.3 is 0 Å². The average Bonchev–Trinajstić information content (AvgIpc) is 2.90. The summed E-state index contributed by atoms with van der Waals surface area (Å²) in [4.78, 5) is 29.4. The number of fused-ring (bicyclic) bond motifs is 2. The molecule has 1 heterocycles. The molecule has 1 N–H and O–H groups in total. The zero-order chi connectivity index (χ0) is 22.8. The Balaban J connectivity index is 1.83. The van der Waals surface area contributed by atoms with Crippen LogP contribution in [0.5, 0.6) is 0 Å². The predicted molar refractivity (Wildman–Crippen MR) is 126 cm³/mol. The number of carbonyl (C=O) groups is 2. The van der Waals surface area contributed by atoms with Gasteiger partial charge in [-0.3, -0.25) is 9.59 Å². The van der Waals surface area contributed by atoms with E-state index >= 15 is 0 Å². The van der Waals surface area contributed by atoms with Gasteiger partial charge in [-0.05, 0) is 55.8 Å². The highest BCUT2D eigenvalue weighted by Crippen LogP contribution is 2.42. The van der Waals surface area contributed by atoms with Crippen LogP contribution < -0.4 is 10.2 Å². The van der Waals surface area contributed by atoms with E-state index in [1.165, 1.54) is 28.8 Å². The normalized spacial score (nSPS) is 13.8. The Morgan fingerprint density at radius 3 is 2.66 bits per heavy atom. The molecule has 1 atom stereocenters. The molecule has 0 aliphatic carbocycles. The van der Waals surface area contributed by atoms with Crippen molar-refractivity contribution in [3.63, 3.8) is 0 Å². The van der Waals surface area contributed by atoms with Crippen molar-refractivity contribution in [3.8, 4) is 0 Å². The lowest BCUT2D eigenvalue weighted by atomic mass is 10.1. The monoisotopic (exact) mass is 468 g/mol. The van der Waals surface area contributed by atoms with E-state index in [1.54, 1.807) is 30.3 Å². The number of halogens is 2. The van der Waals surface area contributed by atoms with E-state index in [2.05, 4.69) is 5.32 Å². The average molecular weight is 469 g/mol. The van der Waals surface area contributed by atoms with Crippen LogP contribution in [0.4, 0.5) is 10.1 Å². The lowest BCUT2D eigenvalue weighted by Crippen LogP contribution is -2.33. The second kappa shape index (κ2) is 9.35. The minimum atomic E-state index is -0.484. The minimum absolute atomic E-state index is 0.0231. The number of rotatable bonds is 5. The molecule has 1 aliphatic rings. The molecule has 7 heteroatoms. The summed E-state index contributed by atoms with van der Waals surface area (Å²) in [5.74, 6) is -0.974. The standard InChI is InChI=1S/C25H22ClFN2O2S/c1-3-15(2)28-24(30)16-11-12-23-21(13-16)29(14-18-19(26)8-6-9-20(18)27)25(31)17-7-4-5-10-22(17)32-23/h4-13,15H,3,14H2,1-2H3,(H,28,30). The molecular weight excluding hydrogens is 447 g/mol. The summed E-state index contributed by atoms with van der Waals surface area (Å²) in [6.45, 7) is 3.88. The van der Waals surface area contributed by atoms with Crippen molar-refractivity contribution >= 4 is 40.9 Å². The number of carbonyl (C=O) groups excluding carboxylic acids is 2. The highest BCUT2D eigenvalue weighted by molar-refractivity contribution is 7.99. The van der Waals surface area contributed by atoms with E-state index in [9.17, 15) is 14.0 Å². The van der Waals surface area contributed by atoms with Crippen molar-refractivity contribution in [1.29, 1.82) is 0 Å². The Kier molecular flexibility index (Phi) is 6.53. The minimum Gasteiger partial charge on any atom is -0.350 e. The molecule has 4 rings (SSSR count). The van der Waals surface area contributed by atoms with Gasteiger partial charge in [-0.1, -0.05) is 48.5 Å². The molecule has 0 saturated carbocycles. The molecule has 3 aromatic rings. The summed E-state index contributed by atoms with van der Waals surface area (Å²) >= 11 is 7.72. The van der Waals surface area contributed by atoms with Crippen LogP contribution in [-0.4, -0.2) is 17.9 Å². The van der Waals surface area contributed by atoms with E-state index < -0.39 is 5.82 Å². The van der Waals surface area contributed by atoms with Crippen LogP contribution in [0.25, 0.3) is 0 Å². The largest absolute Gasteiger partial charge is 0.350 e. The first-order valence-electron chi connectivity index (χ1n) is 10.4. The molecular formula is C25H22ClFN2O2S. The Morgan fingerprint density at radius 2 is 1.91 bits per heavy atom. The molecule has 0 bridgehead atoms. The van der Waals surface area contributed by atoms with Gasteiger partial charge in [0.05, 0.1) is 17.8 Å². The molecule has 32 heavy (non-hydrogen) atoms. The van der Waals surface area contributed by atoms with Crippen molar-refractivity contribution in [2.45, 2.75) is 42.6 Å². The van der Waals surface area contributed by atoms with E-state index in [0.29, 0.717) is 16.8 Å². The first kappa shape index (κ1) is 22.4. The fourth-order valence-corrected chi connectivity index (χ4v) is 4.75. The SMILES string of the molecule is CCC(C)NC(=O)c1ccc2c(c1)N(Cc1c(F)cccc1Cl)C(=O)c1ccccc1S2. The fourth-order valence-electron chi connectivity index (χ4n) is 3.47. The number of anilines is 1. The maximum Gasteiger partial charge on any atom is 0.259 e. The van der Waals surface area contributed by atoms with Gasteiger partial charge in [0.1, 0.15) is 5.82 Å². The van der Waals surface area contributed by atoms with Crippen LogP contribution in [0.2, 0.25) is 5.02 Å². The fraction of sp³-hybridized carbons (Fsp3) is 0.200. The van der Waals surface area contributed by atoms with Gasteiger partial charge in [-0.2, -0.15) is 0 Å². The summed E-state index contributed by atoms with van der Waals surface area (Å²) in [7, 11) is 0. The number of amides is 2. The van der Waals surface area contributed by atoms with Gasteiger partial charge in [-0.25, -0.2) is 4.39 Å². The van der Waals surface area contributed by atoms with Crippen LogP contribution in [0.15, 0.2) is 70.5 Å². The van der Waals surface area contributed by atoms with Crippen LogP contribution >= 0.6 is 23.4 Å². The van der Waals surface area contributed by atoms with Crippen molar-refractivity contribution in [2.75, 3.05) is 4.90 Å². The van der Waals surface area contributed by atoms with Crippen molar-refractivity contribution < 1.29 is 14.0 Å². The summed E-state index contributed by atoms with van der Waals surface area (Å²) in [6, 6.07) is 17.0. The molecule has 1 aliphatic heterocycles. The zero-order valence-corrected chi connectivity index (χ0v) is 19.3. The third-order valence-corrected chi connectivity index (χ3v) is 6.96. The number of hydrogen-bond donors (Lipinski definition) is 1. The van der Waals surface area contributed by atoms with Gasteiger partial charge in [-0.15, -0.1) is 0 Å². The molecule has 1 unspecified atom stereocenters. The predicted octanol–water partition coefficient (Wildman–Crippen LogP) is 6.32. The third kappa shape index (κ3) is 4.38. The number of hydrogen-bond acceptors (Lipinski definition) is 3. The third-order valence-electron chi connectivity index (χ3n) is 5.46. The Bertz CT molecular complexity index is 1180. The Labute approximate surface area is 195 Å². The van der Waals surface area contributed by atoms with Crippen LogP contribution in [0, 0.1) is 5.82 Å². The maximum atomic E-state index is 14.6. The molecule has 4 nitrogen and oxygen atoms in total. The second-order valence-electron chi connectivity index (χ2n) is 7.65. The second-order valence-corrected chi connectivity index (χ2v) is 9.15. The summed E-state index contributed by atoms with van der Waals surface area (Å²) < 4.78 is 14.6. The van der Waals surface area contributed by atoms with Crippen molar-refractivity contribution in [3.05, 3.63) is 88.2 Å². The molecule has 164 valence electrons. The molecule has 0 spiro atoms. The number of nitrogens with zero attached hydrogens (tertiary/aromatic N) is 1. The smallest absolute Gasteiger partial charge is 0.259 e. The first-order chi connectivity index (χ1) is 15.4. The number of nitrogens with one attached hydrogen (secondary N) is 1. The van der Waals surface area contributed by atoms with Crippen LogP contribution in [-0.2, 0) is 6.54 Å². The topological polar surface area (TPSA) is 49.4 Å².